The zero-order chi connectivity index (χ0) is 12.4. The zero-order valence-corrected chi connectivity index (χ0v) is 10.1. The van der Waals surface area contributed by atoms with Gasteiger partial charge in [-0.1, -0.05) is 44.0 Å². The highest BCUT2D eigenvalue weighted by atomic mass is 16.4. The summed E-state index contributed by atoms with van der Waals surface area (Å²) < 4.78 is 0. The minimum Gasteiger partial charge on any atom is -0.423 e. The number of hydrogen-bond acceptors (Lipinski definition) is 3. The maximum atomic E-state index is 9.12. The van der Waals surface area contributed by atoms with Crippen LogP contribution in [0.2, 0.25) is 0 Å². The maximum Gasteiger partial charge on any atom is 0.488 e. The van der Waals surface area contributed by atoms with Gasteiger partial charge in [0.05, 0.1) is 0 Å². The Kier molecular flexibility index (Phi) is 8.90. The molecular formula is C12H21BO3. The molecule has 1 rings (SSSR count). The van der Waals surface area contributed by atoms with E-state index in [1.165, 1.54) is 12.8 Å². The Morgan fingerprint density at radius 2 is 1.69 bits per heavy atom. The maximum absolute atomic E-state index is 9.12. The van der Waals surface area contributed by atoms with E-state index in [-0.39, 0.29) is 0 Å². The molecule has 1 aromatic rings. The second kappa shape index (κ2) is 9.40. The van der Waals surface area contributed by atoms with Gasteiger partial charge in [0.15, 0.2) is 0 Å². The summed E-state index contributed by atoms with van der Waals surface area (Å²) in [5.74, 6) is 0. The zero-order valence-electron chi connectivity index (χ0n) is 10.1. The van der Waals surface area contributed by atoms with Crippen LogP contribution in [-0.2, 0) is 6.42 Å². The lowest BCUT2D eigenvalue weighted by atomic mass is 9.76. The van der Waals surface area contributed by atoms with E-state index < -0.39 is 7.12 Å². The smallest absolute Gasteiger partial charge is 0.423 e. The molecule has 16 heavy (non-hydrogen) atoms. The molecule has 0 heterocycles. The number of unbranched alkanes of at least 4 members (excludes halogenated alkanes) is 2. The van der Waals surface area contributed by atoms with Gasteiger partial charge < -0.3 is 15.2 Å². The van der Waals surface area contributed by atoms with Gasteiger partial charge in [0.2, 0.25) is 0 Å². The van der Waals surface area contributed by atoms with Crippen LogP contribution in [0.15, 0.2) is 24.3 Å². The Balaban J connectivity index is 0.00000106. The molecule has 0 saturated carbocycles. The average molecular weight is 224 g/mol. The molecule has 0 bridgehead atoms. The standard InChI is InChI=1S/C11H17BO2.CH4O/c1-2-3-4-7-10-8-5-6-9-11(10)12(13)14;1-2/h5-6,8-9,13-14H,2-4,7H2,1H3;2H,1H3. The molecule has 0 spiro atoms. The van der Waals surface area contributed by atoms with E-state index in [0.29, 0.717) is 5.46 Å². The van der Waals surface area contributed by atoms with Crippen LogP contribution in [0, 0.1) is 0 Å². The molecule has 0 atom stereocenters. The van der Waals surface area contributed by atoms with Crippen LogP contribution < -0.4 is 5.46 Å². The Morgan fingerprint density at radius 3 is 2.25 bits per heavy atom. The van der Waals surface area contributed by atoms with E-state index >= 15 is 0 Å². The number of aliphatic hydroxyl groups excluding tert-OH is 1. The van der Waals surface area contributed by atoms with E-state index in [0.717, 1.165) is 25.5 Å². The monoisotopic (exact) mass is 224 g/mol. The highest BCUT2D eigenvalue weighted by molar-refractivity contribution is 6.59. The van der Waals surface area contributed by atoms with Gasteiger partial charge in [0.1, 0.15) is 0 Å². The van der Waals surface area contributed by atoms with Gasteiger partial charge in [-0.15, -0.1) is 0 Å². The molecule has 1 aromatic carbocycles. The van der Waals surface area contributed by atoms with Crippen LogP contribution in [0.25, 0.3) is 0 Å². The van der Waals surface area contributed by atoms with Gasteiger partial charge in [-0.3, -0.25) is 0 Å². The van der Waals surface area contributed by atoms with Crippen LogP contribution in [-0.4, -0.2) is 29.4 Å². The van der Waals surface area contributed by atoms with Crippen molar-refractivity contribution in [2.24, 2.45) is 0 Å². The van der Waals surface area contributed by atoms with E-state index in [1.54, 1.807) is 6.07 Å². The predicted molar refractivity (Wildman–Crippen MR) is 67.6 cm³/mol. The number of aryl methyl sites for hydroxylation is 1. The molecule has 0 aliphatic heterocycles. The third-order valence-corrected chi connectivity index (χ3v) is 2.38. The third-order valence-electron chi connectivity index (χ3n) is 2.38. The molecule has 0 aromatic heterocycles. The van der Waals surface area contributed by atoms with Gasteiger partial charge in [0, 0.05) is 7.11 Å². The first-order chi connectivity index (χ1) is 7.75. The topological polar surface area (TPSA) is 60.7 Å². The van der Waals surface area contributed by atoms with Gasteiger partial charge >= 0.3 is 7.12 Å². The van der Waals surface area contributed by atoms with Gasteiger partial charge in [-0.2, -0.15) is 0 Å². The van der Waals surface area contributed by atoms with Crippen molar-refractivity contribution in [2.45, 2.75) is 32.6 Å². The van der Waals surface area contributed by atoms with Crippen molar-refractivity contribution in [1.82, 2.24) is 0 Å². The quantitative estimate of drug-likeness (QED) is 0.509. The van der Waals surface area contributed by atoms with Crippen molar-refractivity contribution < 1.29 is 15.2 Å². The number of rotatable bonds is 5. The van der Waals surface area contributed by atoms with Crippen molar-refractivity contribution in [3.05, 3.63) is 29.8 Å². The number of benzene rings is 1. The molecule has 3 N–H and O–H groups in total. The van der Waals surface area contributed by atoms with Gasteiger partial charge in [-0.25, -0.2) is 0 Å². The largest absolute Gasteiger partial charge is 0.488 e. The molecule has 0 aliphatic rings. The van der Waals surface area contributed by atoms with E-state index in [2.05, 4.69) is 6.92 Å². The molecule has 0 radical (unpaired) electrons. The summed E-state index contributed by atoms with van der Waals surface area (Å²) in [6.45, 7) is 2.16. The average Bonchev–Trinajstić information content (AvgIpc) is 2.32. The summed E-state index contributed by atoms with van der Waals surface area (Å²) in [4.78, 5) is 0. The molecule has 0 fully saturated rings. The predicted octanol–water partition coefficient (Wildman–Crippen LogP) is 0.708. The minimum atomic E-state index is -1.34. The first-order valence-corrected chi connectivity index (χ1v) is 5.64. The Hall–Kier alpha value is -0.835. The second-order valence-corrected chi connectivity index (χ2v) is 3.53. The highest BCUT2D eigenvalue weighted by Crippen LogP contribution is 2.04. The summed E-state index contributed by atoms with van der Waals surface area (Å²) in [6.07, 6.45) is 4.42. The lowest BCUT2D eigenvalue weighted by molar-refractivity contribution is 0.399. The lowest BCUT2D eigenvalue weighted by Gasteiger charge is -2.07. The molecule has 90 valence electrons. The van der Waals surface area contributed by atoms with Crippen LogP contribution in [0.3, 0.4) is 0 Å². The molecule has 0 unspecified atom stereocenters. The summed E-state index contributed by atoms with van der Waals surface area (Å²) in [7, 11) is -0.340. The van der Waals surface area contributed by atoms with E-state index in [1.807, 2.05) is 18.2 Å². The third kappa shape index (κ3) is 5.30. The first kappa shape index (κ1) is 15.2. The Labute approximate surface area is 97.9 Å². The molecular weight excluding hydrogens is 203 g/mol. The van der Waals surface area contributed by atoms with Crippen LogP contribution in [0.5, 0.6) is 0 Å². The van der Waals surface area contributed by atoms with Crippen LogP contribution in [0.1, 0.15) is 31.7 Å². The molecule has 0 aliphatic carbocycles. The second-order valence-electron chi connectivity index (χ2n) is 3.53. The van der Waals surface area contributed by atoms with Crippen LogP contribution >= 0.6 is 0 Å². The molecule has 0 amide bonds. The SMILES string of the molecule is CCCCCc1ccccc1B(O)O.CO. The first-order valence-electron chi connectivity index (χ1n) is 5.64. The van der Waals surface area contributed by atoms with Gasteiger partial charge in [0.25, 0.3) is 0 Å². The number of hydrogen-bond donors (Lipinski definition) is 3. The minimum absolute atomic E-state index is 0.642. The fourth-order valence-electron chi connectivity index (χ4n) is 1.58. The van der Waals surface area contributed by atoms with Gasteiger partial charge in [-0.05, 0) is 23.9 Å². The van der Waals surface area contributed by atoms with Crippen molar-refractivity contribution in [1.29, 1.82) is 0 Å². The van der Waals surface area contributed by atoms with Crippen molar-refractivity contribution >= 4 is 12.6 Å². The Morgan fingerprint density at radius 1 is 1.06 bits per heavy atom. The molecule has 0 saturated heterocycles. The van der Waals surface area contributed by atoms with E-state index in [4.69, 9.17) is 15.2 Å². The number of aliphatic hydroxyl groups is 1. The van der Waals surface area contributed by atoms with E-state index in [9.17, 15) is 0 Å². The summed E-state index contributed by atoms with van der Waals surface area (Å²) >= 11 is 0. The van der Waals surface area contributed by atoms with Crippen LogP contribution in [0.4, 0.5) is 0 Å². The molecule has 3 nitrogen and oxygen atoms in total. The Bertz CT molecular complexity index is 277. The molecule has 4 heteroatoms. The van der Waals surface area contributed by atoms with Crippen molar-refractivity contribution in [2.75, 3.05) is 7.11 Å². The summed E-state index contributed by atoms with van der Waals surface area (Å²) in [6, 6.07) is 7.50. The van der Waals surface area contributed by atoms with Crippen molar-refractivity contribution in [3.63, 3.8) is 0 Å². The summed E-state index contributed by atoms with van der Waals surface area (Å²) in [5.41, 5.74) is 1.69. The normalized spacial score (nSPS) is 9.31. The van der Waals surface area contributed by atoms with Crippen molar-refractivity contribution in [3.8, 4) is 0 Å². The fraction of sp³-hybridized carbons (Fsp3) is 0.500. The lowest BCUT2D eigenvalue weighted by Crippen LogP contribution is -2.32. The summed E-state index contributed by atoms with van der Waals surface area (Å²) in [5, 5.41) is 25.2. The highest BCUT2D eigenvalue weighted by Gasteiger charge is 2.14. The fourth-order valence-corrected chi connectivity index (χ4v) is 1.58.